The van der Waals surface area contributed by atoms with Crippen molar-refractivity contribution in [3.8, 4) is 0 Å². The molecule has 0 N–H and O–H groups in total. The van der Waals surface area contributed by atoms with Gasteiger partial charge in [-0.1, -0.05) is 54.8 Å². The van der Waals surface area contributed by atoms with Gasteiger partial charge in [0, 0.05) is 36.8 Å². The number of hydrogen-bond acceptors (Lipinski definition) is 2. The molecule has 2 aromatic rings. The first kappa shape index (κ1) is 19.0. The number of nitrogens with zero attached hydrogens (tertiary/aromatic N) is 2. The van der Waals surface area contributed by atoms with Crippen molar-refractivity contribution < 1.29 is 9.59 Å². The van der Waals surface area contributed by atoms with Crippen LogP contribution < -0.4 is 0 Å². The maximum atomic E-state index is 13.5. The maximum absolute atomic E-state index is 13.5. The standard InChI is InChI=1S/C23H25ClN2O2/c24-20-10-8-19(9-11-20)23(12-4-5-13-23)22(28)26-16-14-25(15-17-26)21(27)18-6-2-1-3-7-18/h1-3,6-11H,4-5,12-17H2. The van der Waals surface area contributed by atoms with Gasteiger partial charge in [0.25, 0.3) is 5.91 Å². The number of carbonyl (C=O) groups is 2. The summed E-state index contributed by atoms with van der Waals surface area (Å²) in [6.45, 7) is 2.34. The summed E-state index contributed by atoms with van der Waals surface area (Å²) < 4.78 is 0. The smallest absolute Gasteiger partial charge is 0.253 e. The Morgan fingerprint density at radius 3 is 1.96 bits per heavy atom. The quantitative estimate of drug-likeness (QED) is 0.782. The summed E-state index contributed by atoms with van der Waals surface area (Å²) >= 11 is 6.06. The van der Waals surface area contributed by atoms with Gasteiger partial charge in [-0.3, -0.25) is 9.59 Å². The van der Waals surface area contributed by atoms with Gasteiger partial charge in [-0.25, -0.2) is 0 Å². The van der Waals surface area contributed by atoms with E-state index in [1.165, 1.54) is 0 Å². The average molecular weight is 397 g/mol. The van der Waals surface area contributed by atoms with E-state index in [-0.39, 0.29) is 11.8 Å². The molecule has 4 rings (SSSR count). The van der Waals surface area contributed by atoms with Crippen molar-refractivity contribution in [1.29, 1.82) is 0 Å². The van der Waals surface area contributed by atoms with Crippen LogP contribution in [0.5, 0.6) is 0 Å². The third-order valence-corrected chi connectivity index (χ3v) is 6.39. The van der Waals surface area contributed by atoms with Gasteiger partial charge in [0.05, 0.1) is 5.41 Å². The minimum Gasteiger partial charge on any atom is -0.338 e. The minimum absolute atomic E-state index is 0.0426. The first-order valence-electron chi connectivity index (χ1n) is 10.00. The molecule has 0 aromatic heterocycles. The van der Waals surface area contributed by atoms with Crippen LogP contribution in [0.2, 0.25) is 5.02 Å². The monoisotopic (exact) mass is 396 g/mol. The zero-order chi connectivity index (χ0) is 19.6. The lowest BCUT2D eigenvalue weighted by atomic mass is 9.77. The molecule has 0 unspecified atom stereocenters. The molecule has 1 saturated heterocycles. The van der Waals surface area contributed by atoms with Crippen LogP contribution in [-0.2, 0) is 10.2 Å². The van der Waals surface area contributed by atoms with Crippen molar-refractivity contribution in [3.63, 3.8) is 0 Å². The molecule has 28 heavy (non-hydrogen) atoms. The van der Waals surface area contributed by atoms with Gasteiger partial charge in [-0.2, -0.15) is 0 Å². The molecular weight excluding hydrogens is 372 g/mol. The highest BCUT2D eigenvalue weighted by Gasteiger charge is 2.45. The molecular formula is C23H25ClN2O2. The normalized spacial score (nSPS) is 18.9. The average Bonchev–Trinajstić information content (AvgIpc) is 3.25. The Balaban J connectivity index is 1.47. The highest BCUT2D eigenvalue weighted by Crippen LogP contribution is 2.43. The van der Waals surface area contributed by atoms with E-state index in [9.17, 15) is 9.59 Å². The number of piperazine rings is 1. The second kappa shape index (κ2) is 7.96. The molecule has 4 nitrogen and oxygen atoms in total. The fourth-order valence-electron chi connectivity index (χ4n) is 4.55. The van der Waals surface area contributed by atoms with Gasteiger partial charge in [0.2, 0.25) is 5.91 Å². The van der Waals surface area contributed by atoms with Gasteiger partial charge >= 0.3 is 0 Å². The van der Waals surface area contributed by atoms with E-state index < -0.39 is 5.41 Å². The number of carbonyl (C=O) groups excluding carboxylic acids is 2. The summed E-state index contributed by atoms with van der Waals surface area (Å²) in [4.78, 5) is 30.0. The Morgan fingerprint density at radius 2 is 1.36 bits per heavy atom. The van der Waals surface area contributed by atoms with E-state index in [2.05, 4.69) is 0 Å². The number of benzene rings is 2. The van der Waals surface area contributed by atoms with Crippen molar-refractivity contribution in [2.45, 2.75) is 31.1 Å². The van der Waals surface area contributed by atoms with Crippen LogP contribution >= 0.6 is 11.6 Å². The highest BCUT2D eigenvalue weighted by molar-refractivity contribution is 6.30. The summed E-state index contributed by atoms with van der Waals surface area (Å²) in [6.07, 6.45) is 3.91. The number of halogens is 1. The van der Waals surface area contributed by atoms with E-state index >= 15 is 0 Å². The predicted molar refractivity (Wildman–Crippen MR) is 111 cm³/mol. The van der Waals surface area contributed by atoms with Gasteiger partial charge in [-0.15, -0.1) is 0 Å². The van der Waals surface area contributed by atoms with E-state index in [4.69, 9.17) is 11.6 Å². The van der Waals surface area contributed by atoms with Crippen molar-refractivity contribution in [2.24, 2.45) is 0 Å². The maximum Gasteiger partial charge on any atom is 0.253 e. The van der Waals surface area contributed by atoms with Crippen LogP contribution in [-0.4, -0.2) is 47.8 Å². The van der Waals surface area contributed by atoms with Gasteiger partial charge in [0.15, 0.2) is 0 Å². The van der Waals surface area contributed by atoms with Crippen LogP contribution in [0.4, 0.5) is 0 Å². The molecule has 0 atom stereocenters. The van der Waals surface area contributed by atoms with E-state index in [0.29, 0.717) is 36.8 Å². The van der Waals surface area contributed by atoms with Crippen molar-refractivity contribution in [1.82, 2.24) is 9.80 Å². The Morgan fingerprint density at radius 1 is 0.786 bits per heavy atom. The number of hydrogen-bond donors (Lipinski definition) is 0. The minimum atomic E-state index is -0.434. The molecule has 1 heterocycles. The van der Waals surface area contributed by atoms with E-state index in [0.717, 1.165) is 31.2 Å². The van der Waals surface area contributed by atoms with Gasteiger partial charge < -0.3 is 9.80 Å². The second-order valence-corrected chi connectivity index (χ2v) is 8.18. The van der Waals surface area contributed by atoms with Crippen LogP contribution in [0.3, 0.4) is 0 Å². The van der Waals surface area contributed by atoms with Gasteiger partial charge in [-0.05, 0) is 42.7 Å². The predicted octanol–water partition coefficient (Wildman–Crippen LogP) is 4.14. The van der Waals surface area contributed by atoms with Crippen molar-refractivity contribution >= 4 is 23.4 Å². The molecule has 5 heteroatoms. The van der Waals surface area contributed by atoms with Crippen LogP contribution in [0.15, 0.2) is 54.6 Å². The molecule has 2 aromatic carbocycles. The number of rotatable bonds is 3. The third-order valence-electron chi connectivity index (χ3n) is 6.14. The molecule has 0 spiro atoms. The summed E-state index contributed by atoms with van der Waals surface area (Å²) in [5.41, 5.74) is 1.34. The first-order chi connectivity index (χ1) is 13.6. The summed E-state index contributed by atoms with van der Waals surface area (Å²) in [5, 5.41) is 0.692. The molecule has 0 bridgehead atoms. The summed E-state index contributed by atoms with van der Waals surface area (Å²) in [7, 11) is 0. The lowest BCUT2D eigenvalue weighted by Crippen LogP contribution is -2.55. The van der Waals surface area contributed by atoms with Crippen LogP contribution in [0.25, 0.3) is 0 Å². The molecule has 1 aliphatic heterocycles. The Hall–Kier alpha value is -2.33. The SMILES string of the molecule is O=C(c1ccccc1)N1CCN(C(=O)C2(c3ccc(Cl)cc3)CCCC2)CC1. The molecule has 2 aliphatic rings. The fraction of sp³-hybridized carbons (Fsp3) is 0.391. The zero-order valence-corrected chi connectivity index (χ0v) is 16.7. The Kier molecular flexibility index (Phi) is 5.40. The first-order valence-corrected chi connectivity index (χ1v) is 10.4. The highest BCUT2D eigenvalue weighted by atomic mass is 35.5. The van der Waals surface area contributed by atoms with E-state index in [1.54, 1.807) is 0 Å². The van der Waals surface area contributed by atoms with Gasteiger partial charge in [0.1, 0.15) is 0 Å². The largest absolute Gasteiger partial charge is 0.338 e. The molecule has 2 fully saturated rings. The lowest BCUT2D eigenvalue weighted by Gasteiger charge is -2.40. The van der Waals surface area contributed by atoms with Crippen molar-refractivity contribution in [2.75, 3.05) is 26.2 Å². The molecule has 2 amide bonds. The van der Waals surface area contributed by atoms with Crippen molar-refractivity contribution in [3.05, 3.63) is 70.7 Å². The third kappa shape index (κ3) is 3.53. The lowest BCUT2D eigenvalue weighted by molar-refractivity contribution is -0.138. The fourth-order valence-corrected chi connectivity index (χ4v) is 4.68. The Bertz CT molecular complexity index is 837. The second-order valence-electron chi connectivity index (χ2n) is 7.75. The zero-order valence-electron chi connectivity index (χ0n) is 15.9. The van der Waals surface area contributed by atoms with Crippen LogP contribution in [0.1, 0.15) is 41.6 Å². The summed E-state index contributed by atoms with van der Waals surface area (Å²) in [5.74, 6) is 0.250. The van der Waals surface area contributed by atoms with Crippen LogP contribution in [0, 0.1) is 0 Å². The Labute approximate surface area is 171 Å². The van der Waals surface area contributed by atoms with E-state index in [1.807, 2.05) is 64.4 Å². The topological polar surface area (TPSA) is 40.6 Å². The number of amides is 2. The molecule has 146 valence electrons. The summed E-state index contributed by atoms with van der Waals surface area (Å²) in [6, 6.07) is 17.1. The molecule has 1 aliphatic carbocycles. The molecule has 1 saturated carbocycles. The molecule has 0 radical (unpaired) electrons.